The van der Waals surface area contributed by atoms with Gasteiger partial charge in [0.05, 0.1) is 0 Å². The first-order valence-electron chi connectivity index (χ1n) is 4.35. The van der Waals surface area contributed by atoms with Gasteiger partial charge in [0.15, 0.2) is 0 Å². The minimum atomic E-state index is 0.400. The number of aliphatic imine (C=N–C) groups is 2. The molecule has 3 nitrogen and oxygen atoms in total. The largest absolute Gasteiger partial charge is 0.368 e. The Bertz CT molecular complexity index is 248. The van der Waals surface area contributed by atoms with Crippen LogP contribution in [0.2, 0.25) is 0 Å². The second kappa shape index (κ2) is 4.04. The summed E-state index contributed by atoms with van der Waals surface area (Å²) < 4.78 is 0. The lowest BCUT2D eigenvalue weighted by atomic mass is 10.2. The average molecular weight is 165 g/mol. The number of nitrogens with zero attached hydrogens (tertiary/aromatic N) is 2. The van der Waals surface area contributed by atoms with Gasteiger partial charge in [0, 0.05) is 17.8 Å². The van der Waals surface area contributed by atoms with Crippen LogP contribution < -0.4 is 5.73 Å². The Morgan fingerprint density at radius 1 is 1.33 bits per heavy atom. The van der Waals surface area contributed by atoms with Crippen LogP contribution in [-0.4, -0.2) is 11.7 Å². The topological polar surface area (TPSA) is 50.7 Å². The Hall–Kier alpha value is -1.12. The molecule has 0 saturated heterocycles. The van der Waals surface area contributed by atoms with Crippen molar-refractivity contribution in [3.63, 3.8) is 0 Å². The Balaban J connectivity index is 2.83. The first kappa shape index (κ1) is 8.97. The van der Waals surface area contributed by atoms with Crippen LogP contribution in [0.5, 0.6) is 0 Å². The van der Waals surface area contributed by atoms with Gasteiger partial charge >= 0.3 is 0 Å². The molecule has 1 aliphatic rings. The fourth-order valence-electron chi connectivity index (χ4n) is 1.11. The molecule has 2 N–H and O–H groups in total. The van der Waals surface area contributed by atoms with E-state index in [4.69, 9.17) is 5.73 Å². The molecule has 0 radical (unpaired) electrons. The van der Waals surface area contributed by atoms with Crippen molar-refractivity contribution in [3.05, 3.63) is 11.8 Å². The number of allylic oxidation sites excluding steroid dienone is 2. The van der Waals surface area contributed by atoms with Crippen LogP contribution in [-0.2, 0) is 0 Å². The van der Waals surface area contributed by atoms with E-state index in [0.717, 1.165) is 30.7 Å². The predicted octanol–water partition coefficient (Wildman–Crippen LogP) is 1.85. The molecule has 0 bridgehead atoms. The van der Waals surface area contributed by atoms with Crippen LogP contribution in [0.15, 0.2) is 21.8 Å². The summed E-state index contributed by atoms with van der Waals surface area (Å²) in [6.45, 7) is 4.15. The first-order chi connectivity index (χ1) is 5.76. The Morgan fingerprint density at radius 3 is 2.67 bits per heavy atom. The average Bonchev–Trinajstić information content (AvgIpc) is 2.26. The monoisotopic (exact) mass is 165 g/mol. The molecule has 0 aliphatic carbocycles. The first-order valence-corrected chi connectivity index (χ1v) is 4.35. The summed E-state index contributed by atoms with van der Waals surface area (Å²) in [5, 5.41) is 0. The Labute approximate surface area is 73.1 Å². The van der Waals surface area contributed by atoms with E-state index in [9.17, 15) is 0 Å². The summed E-state index contributed by atoms with van der Waals surface area (Å²) in [7, 11) is 0. The van der Waals surface area contributed by atoms with Gasteiger partial charge < -0.3 is 5.73 Å². The summed E-state index contributed by atoms with van der Waals surface area (Å²) >= 11 is 0. The lowest BCUT2D eigenvalue weighted by Gasteiger charge is -1.94. The van der Waals surface area contributed by atoms with E-state index >= 15 is 0 Å². The van der Waals surface area contributed by atoms with Gasteiger partial charge in [0.2, 0.25) is 5.96 Å². The molecule has 3 heteroatoms. The van der Waals surface area contributed by atoms with Gasteiger partial charge in [-0.25, -0.2) is 9.98 Å². The molecule has 0 saturated carbocycles. The van der Waals surface area contributed by atoms with Gasteiger partial charge in [0.1, 0.15) is 0 Å². The maximum absolute atomic E-state index is 5.59. The third-order valence-corrected chi connectivity index (χ3v) is 1.87. The maximum atomic E-state index is 5.59. The molecule has 0 aromatic carbocycles. The van der Waals surface area contributed by atoms with Crippen molar-refractivity contribution in [1.82, 2.24) is 0 Å². The van der Waals surface area contributed by atoms with Crippen LogP contribution in [0.4, 0.5) is 0 Å². The predicted molar refractivity (Wildman–Crippen MR) is 52.3 cm³/mol. The Kier molecular flexibility index (Phi) is 3.02. The fourth-order valence-corrected chi connectivity index (χ4v) is 1.11. The molecule has 1 rings (SSSR count). The molecule has 1 heterocycles. The molecule has 0 atom stereocenters. The minimum absolute atomic E-state index is 0.400. The quantitative estimate of drug-likeness (QED) is 0.667. The zero-order valence-electron chi connectivity index (χ0n) is 7.67. The van der Waals surface area contributed by atoms with Crippen LogP contribution in [0, 0.1) is 0 Å². The molecule has 0 fully saturated rings. The van der Waals surface area contributed by atoms with Crippen LogP contribution in [0.3, 0.4) is 0 Å². The highest BCUT2D eigenvalue weighted by atomic mass is 15.0. The lowest BCUT2D eigenvalue weighted by molar-refractivity contribution is 1.05. The molecule has 0 amide bonds. The van der Waals surface area contributed by atoms with E-state index in [-0.39, 0.29) is 0 Å². The summed E-state index contributed by atoms with van der Waals surface area (Å²) in [5.74, 6) is 0.400. The van der Waals surface area contributed by atoms with Gasteiger partial charge in [-0.2, -0.15) is 0 Å². The zero-order chi connectivity index (χ0) is 8.97. The molecule has 66 valence electrons. The highest BCUT2D eigenvalue weighted by molar-refractivity contribution is 5.98. The number of hydrogen-bond acceptors (Lipinski definition) is 3. The van der Waals surface area contributed by atoms with Gasteiger partial charge in [-0.3, -0.25) is 0 Å². The number of hydrogen-bond donors (Lipinski definition) is 1. The van der Waals surface area contributed by atoms with Crippen molar-refractivity contribution in [2.75, 3.05) is 0 Å². The summed E-state index contributed by atoms with van der Waals surface area (Å²) in [4.78, 5) is 8.35. The van der Waals surface area contributed by atoms with Crippen molar-refractivity contribution >= 4 is 11.7 Å². The van der Waals surface area contributed by atoms with Crippen molar-refractivity contribution < 1.29 is 0 Å². The van der Waals surface area contributed by atoms with Gasteiger partial charge in [-0.15, -0.1) is 0 Å². The molecular formula is C9H15N3. The second-order valence-corrected chi connectivity index (χ2v) is 2.75. The van der Waals surface area contributed by atoms with Gasteiger partial charge in [-0.05, 0) is 12.8 Å². The van der Waals surface area contributed by atoms with E-state index in [1.807, 2.05) is 0 Å². The van der Waals surface area contributed by atoms with Crippen LogP contribution in [0.1, 0.15) is 33.1 Å². The van der Waals surface area contributed by atoms with Crippen LogP contribution in [0.25, 0.3) is 0 Å². The lowest BCUT2D eigenvalue weighted by Crippen LogP contribution is -2.10. The number of rotatable bonds is 2. The van der Waals surface area contributed by atoms with Gasteiger partial charge in [-0.1, -0.05) is 19.9 Å². The van der Waals surface area contributed by atoms with E-state index < -0.39 is 0 Å². The molecule has 0 spiro atoms. The summed E-state index contributed by atoms with van der Waals surface area (Å²) in [6.07, 6.45) is 4.86. The molecule has 1 aliphatic heterocycles. The zero-order valence-corrected chi connectivity index (χ0v) is 7.67. The van der Waals surface area contributed by atoms with E-state index in [2.05, 4.69) is 29.9 Å². The highest BCUT2D eigenvalue weighted by Gasteiger charge is 2.02. The van der Waals surface area contributed by atoms with E-state index in [1.165, 1.54) is 0 Å². The highest BCUT2D eigenvalue weighted by Crippen LogP contribution is 2.09. The van der Waals surface area contributed by atoms with Crippen molar-refractivity contribution in [2.24, 2.45) is 15.7 Å². The summed E-state index contributed by atoms with van der Waals surface area (Å²) in [6, 6.07) is 0. The van der Waals surface area contributed by atoms with E-state index in [1.54, 1.807) is 0 Å². The number of guanidine groups is 1. The third-order valence-electron chi connectivity index (χ3n) is 1.87. The molecule has 12 heavy (non-hydrogen) atoms. The Morgan fingerprint density at radius 2 is 2.08 bits per heavy atom. The fraction of sp³-hybridized carbons (Fsp3) is 0.556. The number of nitrogens with two attached hydrogens (primary N) is 1. The van der Waals surface area contributed by atoms with Crippen molar-refractivity contribution in [1.29, 1.82) is 0 Å². The molecular weight excluding hydrogens is 150 g/mol. The second-order valence-electron chi connectivity index (χ2n) is 2.75. The standard InChI is InChI=1S/C9H15N3/c1-3-7-5-6-8(4-2)12-9(10)11-7/h5H,3-4,6H2,1-2H3,(H2,10,11). The SMILES string of the molecule is CCC1=CCC(CC)=NC(N)=N1. The maximum Gasteiger partial charge on any atom is 0.220 e. The van der Waals surface area contributed by atoms with E-state index in [0.29, 0.717) is 5.96 Å². The van der Waals surface area contributed by atoms with Gasteiger partial charge in [0.25, 0.3) is 0 Å². The normalized spacial score (nSPS) is 17.7. The van der Waals surface area contributed by atoms with Crippen LogP contribution >= 0.6 is 0 Å². The molecule has 0 aromatic rings. The minimum Gasteiger partial charge on any atom is -0.368 e. The molecule has 0 aromatic heterocycles. The van der Waals surface area contributed by atoms with Crippen molar-refractivity contribution in [2.45, 2.75) is 33.1 Å². The van der Waals surface area contributed by atoms with Crippen molar-refractivity contribution in [3.8, 4) is 0 Å². The summed E-state index contributed by atoms with van der Waals surface area (Å²) in [5.41, 5.74) is 7.74. The third kappa shape index (κ3) is 2.19. The molecule has 0 unspecified atom stereocenters. The smallest absolute Gasteiger partial charge is 0.220 e.